The summed E-state index contributed by atoms with van der Waals surface area (Å²) in [5, 5.41) is 17.6. The molecule has 0 aliphatic carbocycles. The van der Waals surface area contributed by atoms with Crippen LogP contribution in [0.5, 0.6) is 0 Å². The summed E-state index contributed by atoms with van der Waals surface area (Å²) in [6, 6.07) is 13.0. The Balaban J connectivity index is 1.60. The molecular weight excluding hydrogens is 334 g/mol. The maximum atomic E-state index is 11.3. The molecule has 1 aliphatic rings. The van der Waals surface area contributed by atoms with E-state index in [0.717, 1.165) is 38.4 Å². The topological polar surface area (TPSA) is 92.6 Å². The maximum Gasteiger partial charge on any atom is 0.311 e. The molecule has 0 saturated carbocycles. The van der Waals surface area contributed by atoms with E-state index in [-0.39, 0.29) is 5.69 Å². The van der Waals surface area contributed by atoms with Gasteiger partial charge in [0.15, 0.2) is 0 Å². The molecule has 0 amide bonds. The summed E-state index contributed by atoms with van der Waals surface area (Å²) in [4.78, 5) is 17.5. The molecule has 0 unspecified atom stereocenters. The van der Waals surface area contributed by atoms with Crippen LogP contribution in [0.25, 0.3) is 0 Å². The highest BCUT2D eigenvalue weighted by atomic mass is 16.6. The minimum absolute atomic E-state index is 0.0164. The van der Waals surface area contributed by atoms with Gasteiger partial charge in [0, 0.05) is 38.8 Å². The summed E-state index contributed by atoms with van der Waals surface area (Å²) < 4.78 is 5.32. The molecule has 8 heteroatoms. The molecule has 3 rings (SSSR count). The Morgan fingerprint density at radius 2 is 1.88 bits per heavy atom. The van der Waals surface area contributed by atoms with E-state index in [2.05, 4.69) is 20.5 Å². The third kappa shape index (κ3) is 5.14. The maximum absolute atomic E-state index is 11.3. The second kappa shape index (κ2) is 9.12. The fourth-order valence-electron chi connectivity index (χ4n) is 2.77. The smallest absolute Gasteiger partial charge is 0.311 e. The van der Waals surface area contributed by atoms with E-state index in [4.69, 9.17) is 4.74 Å². The monoisotopic (exact) mass is 357 g/mol. The van der Waals surface area contributed by atoms with Crippen molar-refractivity contribution in [2.24, 2.45) is 0 Å². The van der Waals surface area contributed by atoms with Crippen molar-refractivity contribution in [1.82, 2.24) is 9.88 Å². The number of aromatic nitrogens is 1. The van der Waals surface area contributed by atoms with E-state index in [1.54, 1.807) is 6.07 Å². The van der Waals surface area contributed by atoms with Crippen LogP contribution in [0.15, 0.2) is 42.5 Å². The fourth-order valence-corrected chi connectivity index (χ4v) is 2.77. The van der Waals surface area contributed by atoms with E-state index in [0.29, 0.717) is 24.7 Å². The summed E-state index contributed by atoms with van der Waals surface area (Å²) in [6.45, 7) is 5.24. The minimum Gasteiger partial charge on any atom is -0.379 e. The minimum atomic E-state index is -0.412. The molecule has 0 atom stereocenters. The van der Waals surface area contributed by atoms with Crippen LogP contribution in [0.1, 0.15) is 5.56 Å². The van der Waals surface area contributed by atoms with Crippen LogP contribution in [0.3, 0.4) is 0 Å². The van der Waals surface area contributed by atoms with Crippen molar-refractivity contribution in [2.45, 2.75) is 6.54 Å². The lowest BCUT2D eigenvalue weighted by Crippen LogP contribution is -2.39. The van der Waals surface area contributed by atoms with Crippen LogP contribution in [-0.2, 0) is 11.3 Å². The zero-order valence-corrected chi connectivity index (χ0v) is 14.6. The number of ether oxygens (including phenoxy) is 1. The van der Waals surface area contributed by atoms with Crippen molar-refractivity contribution in [3.63, 3.8) is 0 Å². The number of rotatable bonds is 8. The zero-order chi connectivity index (χ0) is 18.2. The highest BCUT2D eigenvalue weighted by Gasteiger charge is 2.16. The molecule has 0 bridgehead atoms. The summed E-state index contributed by atoms with van der Waals surface area (Å²) in [7, 11) is 0. The Morgan fingerprint density at radius 1 is 1.12 bits per heavy atom. The molecule has 0 radical (unpaired) electrons. The molecular formula is C18H23N5O3. The van der Waals surface area contributed by atoms with Gasteiger partial charge in [0.05, 0.1) is 18.1 Å². The summed E-state index contributed by atoms with van der Waals surface area (Å²) in [5.74, 6) is 0.898. The quantitative estimate of drug-likeness (QED) is 0.553. The van der Waals surface area contributed by atoms with Gasteiger partial charge in [0.2, 0.25) is 5.82 Å². The first kappa shape index (κ1) is 18.1. The summed E-state index contributed by atoms with van der Waals surface area (Å²) in [6.07, 6.45) is 0. The lowest BCUT2D eigenvalue weighted by Gasteiger charge is -2.26. The third-order valence-electron chi connectivity index (χ3n) is 4.21. The highest BCUT2D eigenvalue weighted by molar-refractivity contribution is 5.60. The summed E-state index contributed by atoms with van der Waals surface area (Å²) in [5.41, 5.74) is 1.10. The van der Waals surface area contributed by atoms with Gasteiger partial charge in [-0.15, -0.1) is 0 Å². The first-order valence-corrected chi connectivity index (χ1v) is 8.69. The molecule has 1 fully saturated rings. The second-order valence-electron chi connectivity index (χ2n) is 6.04. The Bertz CT molecular complexity index is 720. The average molecular weight is 357 g/mol. The number of morpholine rings is 1. The van der Waals surface area contributed by atoms with Crippen molar-refractivity contribution in [3.8, 4) is 0 Å². The number of nitro groups is 1. The van der Waals surface area contributed by atoms with Crippen molar-refractivity contribution in [2.75, 3.05) is 50.0 Å². The van der Waals surface area contributed by atoms with Crippen molar-refractivity contribution >= 4 is 17.3 Å². The highest BCUT2D eigenvalue weighted by Crippen LogP contribution is 2.24. The Hall–Kier alpha value is -2.71. The van der Waals surface area contributed by atoms with Gasteiger partial charge in [-0.3, -0.25) is 15.0 Å². The first-order chi connectivity index (χ1) is 12.7. The molecule has 8 nitrogen and oxygen atoms in total. The SMILES string of the molecule is O=[N+]([O-])c1ccc(NCc2ccccc2)nc1NCCN1CCOCC1. The lowest BCUT2D eigenvalue weighted by atomic mass is 10.2. The normalized spacial score (nSPS) is 14.8. The molecule has 2 N–H and O–H groups in total. The lowest BCUT2D eigenvalue weighted by molar-refractivity contribution is -0.384. The van der Waals surface area contributed by atoms with E-state index < -0.39 is 4.92 Å². The molecule has 1 aromatic carbocycles. The van der Waals surface area contributed by atoms with Crippen LogP contribution < -0.4 is 10.6 Å². The number of nitrogens with zero attached hydrogens (tertiary/aromatic N) is 3. The predicted molar refractivity (Wildman–Crippen MR) is 100 cm³/mol. The molecule has 26 heavy (non-hydrogen) atoms. The van der Waals surface area contributed by atoms with Gasteiger partial charge in [-0.1, -0.05) is 30.3 Å². The van der Waals surface area contributed by atoms with Crippen molar-refractivity contribution in [3.05, 3.63) is 58.1 Å². The number of nitrogens with one attached hydrogen (secondary N) is 2. The molecule has 1 saturated heterocycles. The number of anilines is 2. The van der Waals surface area contributed by atoms with Gasteiger partial charge in [0.25, 0.3) is 0 Å². The van der Waals surface area contributed by atoms with E-state index >= 15 is 0 Å². The largest absolute Gasteiger partial charge is 0.379 e. The van der Waals surface area contributed by atoms with Crippen LogP contribution in [-0.4, -0.2) is 54.2 Å². The zero-order valence-electron chi connectivity index (χ0n) is 14.6. The van der Waals surface area contributed by atoms with Gasteiger partial charge in [-0.2, -0.15) is 0 Å². The molecule has 2 aromatic rings. The van der Waals surface area contributed by atoms with Crippen molar-refractivity contribution < 1.29 is 9.66 Å². The molecule has 138 valence electrons. The summed E-state index contributed by atoms with van der Waals surface area (Å²) >= 11 is 0. The number of pyridine rings is 1. The fraction of sp³-hybridized carbons (Fsp3) is 0.389. The van der Waals surface area contributed by atoms with Gasteiger partial charge in [-0.05, 0) is 11.6 Å². The second-order valence-corrected chi connectivity index (χ2v) is 6.04. The van der Waals surface area contributed by atoms with E-state index in [1.165, 1.54) is 6.07 Å². The van der Waals surface area contributed by atoms with Crippen LogP contribution in [0, 0.1) is 10.1 Å². The average Bonchev–Trinajstić information content (AvgIpc) is 2.68. The van der Waals surface area contributed by atoms with Crippen molar-refractivity contribution in [1.29, 1.82) is 0 Å². The Morgan fingerprint density at radius 3 is 2.62 bits per heavy atom. The standard InChI is InChI=1S/C18H23N5O3/c24-23(25)16-6-7-17(20-14-15-4-2-1-3-5-15)21-18(16)19-8-9-22-10-12-26-13-11-22/h1-7H,8-14H2,(H2,19,20,21). The molecule has 0 spiro atoms. The van der Waals surface area contributed by atoms with Gasteiger partial charge in [-0.25, -0.2) is 4.98 Å². The van der Waals surface area contributed by atoms with E-state index in [9.17, 15) is 10.1 Å². The molecule has 1 aromatic heterocycles. The van der Waals surface area contributed by atoms with Gasteiger partial charge >= 0.3 is 5.69 Å². The predicted octanol–water partition coefficient (Wildman–Crippen LogP) is 2.35. The Labute approximate surface area is 152 Å². The van der Waals surface area contributed by atoms with Gasteiger partial charge in [0.1, 0.15) is 5.82 Å². The molecule has 1 aliphatic heterocycles. The van der Waals surface area contributed by atoms with E-state index in [1.807, 2.05) is 30.3 Å². The first-order valence-electron chi connectivity index (χ1n) is 8.69. The number of hydrogen-bond acceptors (Lipinski definition) is 7. The van der Waals surface area contributed by atoms with Crippen LogP contribution in [0.4, 0.5) is 17.3 Å². The number of benzene rings is 1. The third-order valence-corrected chi connectivity index (χ3v) is 4.21. The van der Waals surface area contributed by atoms with Gasteiger partial charge < -0.3 is 15.4 Å². The molecule has 2 heterocycles. The number of hydrogen-bond donors (Lipinski definition) is 2. The Kier molecular flexibility index (Phi) is 6.34. The van der Waals surface area contributed by atoms with Crippen LogP contribution in [0.2, 0.25) is 0 Å². The van der Waals surface area contributed by atoms with Crippen LogP contribution >= 0.6 is 0 Å².